The third-order valence-corrected chi connectivity index (χ3v) is 5.43. The van der Waals surface area contributed by atoms with Crippen molar-refractivity contribution in [2.24, 2.45) is 0 Å². The van der Waals surface area contributed by atoms with Crippen LogP contribution >= 0.6 is 39.7 Å². The molecule has 1 aromatic heterocycles. The van der Waals surface area contributed by atoms with E-state index < -0.39 is 0 Å². The standard InChI is InChI=1S/C18H19BrClN3OS/c19-14-3-6-16(21-11-14)23-17(25)22-12-18(7-9-24-10-8-18)13-1-4-15(20)5-2-13/h1-6,11H,7-10,12H2,(H2,21,22,23,25). The van der Waals surface area contributed by atoms with Gasteiger partial charge >= 0.3 is 0 Å². The summed E-state index contributed by atoms with van der Waals surface area (Å²) in [6.07, 6.45) is 3.63. The third-order valence-electron chi connectivity index (χ3n) is 4.46. The number of nitrogens with one attached hydrogen (secondary N) is 2. The molecule has 0 radical (unpaired) electrons. The summed E-state index contributed by atoms with van der Waals surface area (Å²) in [4.78, 5) is 4.28. The van der Waals surface area contributed by atoms with Gasteiger partial charge in [-0.3, -0.25) is 0 Å². The van der Waals surface area contributed by atoms with E-state index in [1.165, 1.54) is 5.56 Å². The highest BCUT2D eigenvalue weighted by atomic mass is 79.9. The molecule has 0 unspecified atom stereocenters. The number of thiocarbonyl (C=S) groups is 1. The number of hydrogen-bond acceptors (Lipinski definition) is 3. The van der Waals surface area contributed by atoms with Crippen LogP contribution in [0.3, 0.4) is 0 Å². The van der Waals surface area contributed by atoms with E-state index in [1.54, 1.807) is 6.20 Å². The summed E-state index contributed by atoms with van der Waals surface area (Å²) in [5, 5.41) is 7.78. The van der Waals surface area contributed by atoms with E-state index in [-0.39, 0.29) is 5.41 Å². The molecular weight excluding hydrogens is 422 g/mol. The topological polar surface area (TPSA) is 46.2 Å². The van der Waals surface area contributed by atoms with Gasteiger partial charge in [0.25, 0.3) is 0 Å². The molecule has 25 heavy (non-hydrogen) atoms. The number of benzene rings is 1. The fraction of sp³-hybridized carbons (Fsp3) is 0.333. The molecule has 0 spiro atoms. The van der Waals surface area contributed by atoms with Gasteiger partial charge < -0.3 is 15.4 Å². The molecule has 3 rings (SSSR count). The van der Waals surface area contributed by atoms with Crippen molar-refractivity contribution in [3.8, 4) is 0 Å². The molecule has 1 aromatic carbocycles. The van der Waals surface area contributed by atoms with Crippen molar-refractivity contribution in [3.05, 3.63) is 57.7 Å². The number of rotatable bonds is 4. The SMILES string of the molecule is S=C(NCC1(c2ccc(Cl)cc2)CCOCC1)Nc1ccc(Br)cn1. The maximum absolute atomic E-state index is 6.04. The van der Waals surface area contributed by atoms with E-state index in [2.05, 4.69) is 43.7 Å². The average Bonchev–Trinajstić information content (AvgIpc) is 2.63. The van der Waals surface area contributed by atoms with E-state index in [9.17, 15) is 0 Å². The Morgan fingerprint density at radius 3 is 2.56 bits per heavy atom. The Kier molecular flexibility index (Phi) is 6.28. The number of halogens is 2. The Morgan fingerprint density at radius 2 is 1.92 bits per heavy atom. The van der Waals surface area contributed by atoms with Gasteiger partial charge in [0.2, 0.25) is 0 Å². The normalized spacial score (nSPS) is 16.2. The molecular formula is C18H19BrClN3OS. The van der Waals surface area contributed by atoms with Crippen LogP contribution < -0.4 is 10.6 Å². The fourth-order valence-electron chi connectivity index (χ4n) is 2.99. The van der Waals surface area contributed by atoms with Gasteiger partial charge in [-0.15, -0.1) is 0 Å². The number of nitrogens with zero attached hydrogens (tertiary/aromatic N) is 1. The van der Waals surface area contributed by atoms with Gasteiger partial charge in [-0.05, 0) is 70.8 Å². The molecule has 4 nitrogen and oxygen atoms in total. The minimum absolute atomic E-state index is 0.0122. The highest BCUT2D eigenvalue weighted by molar-refractivity contribution is 9.10. The minimum Gasteiger partial charge on any atom is -0.381 e. The van der Waals surface area contributed by atoms with E-state index in [0.29, 0.717) is 10.9 Å². The van der Waals surface area contributed by atoms with Gasteiger partial charge in [-0.1, -0.05) is 23.7 Å². The molecule has 1 aliphatic heterocycles. The second kappa shape index (κ2) is 8.45. The van der Waals surface area contributed by atoms with E-state index in [4.69, 9.17) is 28.6 Å². The van der Waals surface area contributed by atoms with Gasteiger partial charge in [0.1, 0.15) is 5.82 Å². The lowest BCUT2D eigenvalue weighted by molar-refractivity contribution is 0.0515. The lowest BCUT2D eigenvalue weighted by Crippen LogP contribution is -2.45. The average molecular weight is 441 g/mol. The third kappa shape index (κ3) is 4.91. The number of hydrogen-bond donors (Lipinski definition) is 2. The molecule has 0 amide bonds. The van der Waals surface area contributed by atoms with Gasteiger partial charge in [0.05, 0.1) is 0 Å². The molecule has 1 saturated heterocycles. The van der Waals surface area contributed by atoms with Crippen LogP contribution in [0.1, 0.15) is 18.4 Å². The van der Waals surface area contributed by atoms with Crippen LogP contribution in [0.15, 0.2) is 47.1 Å². The Hall–Kier alpha value is -1.21. The highest BCUT2D eigenvalue weighted by Crippen LogP contribution is 2.34. The number of pyridine rings is 1. The monoisotopic (exact) mass is 439 g/mol. The summed E-state index contributed by atoms with van der Waals surface area (Å²) >= 11 is 14.8. The maximum atomic E-state index is 6.04. The lowest BCUT2D eigenvalue weighted by Gasteiger charge is -2.38. The summed E-state index contributed by atoms with van der Waals surface area (Å²) in [6.45, 7) is 2.23. The van der Waals surface area contributed by atoms with Crippen molar-refractivity contribution in [1.82, 2.24) is 10.3 Å². The van der Waals surface area contributed by atoms with Crippen molar-refractivity contribution in [2.75, 3.05) is 25.1 Å². The van der Waals surface area contributed by atoms with Gasteiger partial charge in [-0.2, -0.15) is 0 Å². The fourth-order valence-corrected chi connectivity index (χ4v) is 3.53. The summed E-state index contributed by atoms with van der Waals surface area (Å²) in [7, 11) is 0. The summed E-state index contributed by atoms with van der Waals surface area (Å²) in [6, 6.07) is 11.9. The zero-order chi connectivity index (χ0) is 17.7. The molecule has 1 fully saturated rings. The predicted octanol–water partition coefficient (Wildman–Crippen LogP) is 4.53. The second-order valence-corrected chi connectivity index (χ2v) is 7.83. The first-order chi connectivity index (χ1) is 12.1. The largest absolute Gasteiger partial charge is 0.381 e. The number of aromatic nitrogens is 1. The molecule has 7 heteroatoms. The van der Waals surface area contributed by atoms with Crippen molar-refractivity contribution in [2.45, 2.75) is 18.3 Å². The molecule has 0 atom stereocenters. The maximum Gasteiger partial charge on any atom is 0.171 e. The van der Waals surface area contributed by atoms with Crippen LogP contribution in [0.5, 0.6) is 0 Å². The molecule has 0 aliphatic carbocycles. The van der Waals surface area contributed by atoms with E-state index in [1.807, 2.05) is 24.3 Å². The van der Waals surface area contributed by atoms with E-state index >= 15 is 0 Å². The second-order valence-electron chi connectivity index (χ2n) is 6.07. The molecule has 1 aliphatic rings. The molecule has 132 valence electrons. The van der Waals surface area contributed by atoms with Gasteiger partial charge in [0, 0.05) is 40.9 Å². The van der Waals surface area contributed by atoms with Crippen LogP contribution in [0.4, 0.5) is 5.82 Å². The van der Waals surface area contributed by atoms with Crippen molar-refractivity contribution in [3.63, 3.8) is 0 Å². The van der Waals surface area contributed by atoms with Crippen molar-refractivity contribution < 1.29 is 4.74 Å². The van der Waals surface area contributed by atoms with Crippen molar-refractivity contribution >= 4 is 50.7 Å². The Morgan fingerprint density at radius 1 is 1.20 bits per heavy atom. The van der Waals surface area contributed by atoms with Crippen LogP contribution in [0, 0.1) is 0 Å². The molecule has 2 N–H and O–H groups in total. The Balaban J connectivity index is 1.67. The minimum atomic E-state index is -0.0122. The van der Waals surface area contributed by atoms with Crippen LogP contribution in [0.2, 0.25) is 5.02 Å². The quantitative estimate of drug-likeness (QED) is 0.684. The van der Waals surface area contributed by atoms with Gasteiger partial charge in [-0.25, -0.2) is 4.98 Å². The number of ether oxygens (including phenoxy) is 1. The zero-order valence-corrected chi connectivity index (χ0v) is 16.8. The van der Waals surface area contributed by atoms with Crippen LogP contribution in [0.25, 0.3) is 0 Å². The molecule has 2 heterocycles. The van der Waals surface area contributed by atoms with E-state index in [0.717, 1.165) is 42.1 Å². The smallest absolute Gasteiger partial charge is 0.171 e. The van der Waals surface area contributed by atoms with Gasteiger partial charge in [0.15, 0.2) is 5.11 Å². The van der Waals surface area contributed by atoms with Crippen LogP contribution in [-0.4, -0.2) is 29.9 Å². The molecule has 0 saturated carbocycles. The predicted molar refractivity (Wildman–Crippen MR) is 109 cm³/mol. The Labute approximate surface area is 166 Å². The molecule has 0 bridgehead atoms. The summed E-state index contributed by atoms with van der Waals surface area (Å²) in [5.41, 5.74) is 1.25. The lowest BCUT2D eigenvalue weighted by atomic mass is 9.74. The summed E-state index contributed by atoms with van der Waals surface area (Å²) < 4.78 is 6.50. The highest BCUT2D eigenvalue weighted by Gasteiger charge is 2.34. The first-order valence-electron chi connectivity index (χ1n) is 8.08. The summed E-state index contributed by atoms with van der Waals surface area (Å²) in [5.74, 6) is 0.716. The Bertz CT molecular complexity index is 718. The van der Waals surface area contributed by atoms with Crippen LogP contribution in [-0.2, 0) is 10.2 Å². The first-order valence-corrected chi connectivity index (χ1v) is 9.66. The zero-order valence-electron chi connectivity index (χ0n) is 13.6. The molecule has 2 aromatic rings. The first kappa shape index (κ1) is 18.6. The van der Waals surface area contributed by atoms with Crippen molar-refractivity contribution in [1.29, 1.82) is 0 Å². The number of anilines is 1.